The van der Waals surface area contributed by atoms with Crippen LogP contribution in [-0.2, 0) is 4.79 Å². The number of nitrogens with one attached hydrogen (secondary N) is 1. The van der Waals surface area contributed by atoms with Crippen molar-refractivity contribution in [1.82, 2.24) is 5.43 Å². The number of amides is 1. The summed E-state index contributed by atoms with van der Waals surface area (Å²) in [6, 6.07) is 0. The molecule has 0 bridgehead atoms. The monoisotopic (exact) mass is 270 g/mol. The first-order chi connectivity index (χ1) is 5.93. The van der Waals surface area contributed by atoms with Crippen LogP contribution in [0.15, 0.2) is 0 Å². The molecule has 0 aromatic carbocycles. The van der Waals surface area contributed by atoms with Crippen LogP contribution in [0.4, 0.5) is 0 Å². The van der Waals surface area contributed by atoms with Gasteiger partial charge in [-0.3, -0.25) is 0 Å². The zero-order chi connectivity index (χ0) is 10.6. The van der Waals surface area contributed by atoms with Crippen LogP contribution < -0.4 is 11.3 Å². The molecule has 5 heteroatoms. The van der Waals surface area contributed by atoms with E-state index < -0.39 is 5.31 Å². The van der Waals surface area contributed by atoms with Gasteiger partial charge in [0.2, 0.25) is 0 Å². The topological polar surface area (TPSA) is 55.1 Å². The molecule has 13 heavy (non-hydrogen) atoms. The number of rotatable bonds is 5. The molecule has 80 valence electrons. The van der Waals surface area contributed by atoms with Crippen LogP contribution in [0.2, 0.25) is 0 Å². The second kappa shape index (κ2) is 4.72. The Labute approximate surface area is 88.5 Å². The van der Waals surface area contributed by atoms with Gasteiger partial charge >= 0.3 is 88.2 Å². The summed E-state index contributed by atoms with van der Waals surface area (Å²) in [6.07, 6.45) is 3.70. The summed E-state index contributed by atoms with van der Waals surface area (Å²) in [5.74, 6) is 5.05. The fourth-order valence-corrected chi connectivity index (χ4v) is 4.92. The van der Waals surface area contributed by atoms with Crippen LogP contribution in [0.5, 0.6) is 0 Å². The fraction of sp³-hybridized carbons (Fsp3) is 0.875. The summed E-state index contributed by atoms with van der Waals surface area (Å²) < 4.78 is 0. The molecule has 0 rings (SSSR count). The SMILES string of the molecule is CCP(Br)(CC)(CC)CC(=O)NN. The van der Waals surface area contributed by atoms with Crippen LogP contribution >= 0.6 is 20.8 Å². The number of halogens is 1. The second-order valence-electron chi connectivity index (χ2n) is 3.49. The molecule has 0 spiro atoms. The minimum absolute atomic E-state index is 0.0555. The van der Waals surface area contributed by atoms with Gasteiger partial charge in [0.05, 0.1) is 0 Å². The Kier molecular flexibility index (Phi) is 4.84. The first-order valence-corrected chi connectivity index (χ1v) is 9.65. The van der Waals surface area contributed by atoms with E-state index in [1.807, 2.05) is 0 Å². The summed E-state index contributed by atoms with van der Waals surface area (Å²) in [5.41, 5.74) is 2.21. The molecule has 0 aliphatic heterocycles. The van der Waals surface area contributed by atoms with Gasteiger partial charge in [0.1, 0.15) is 0 Å². The zero-order valence-electron chi connectivity index (χ0n) is 8.64. The molecule has 3 nitrogen and oxygen atoms in total. The molecule has 0 heterocycles. The van der Waals surface area contributed by atoms with Crippen molar-refractivity contribution in [2.24, 2.45) is 5.84 Å². The quantitative estimate of drug-likeness (QED) is 0.347. The van der Waals surface area contributed by atoms with Gasteiger partial charge in [-0.25, -0.2) is 0 Å². The average Bonchev–Trinajstić information content (AvgIpc) is 2.18. The molecule has 0 unspecified atom stereocenters. The first-order valence-electron chi connectivity index (χ1n) is 4.65. The maximum atomic E-state index is 11.3. The van der Waals surface area contributed by atoms with Gasteiger partial charge in [-0.05, 0) is 0 Å². The Hall–Kier alpha value is 0.340. The van der Waals surface area contributed by atoms with E-state index >= 15 is 0 Å². The number of carbonyl (C=O) groups excluding carboxylic acids is 1. The molecule has 3 N–H and O–H groups in total. The van der Waals surface area contributed by atoms with E-state index in [0.717, 1.165) is 18.5 Å². The Bertz CT molecular complexity index is 184. The minimum atomic E-state index is -1.95. The average molecular weight is 271 g/mol. The molecule has 0 radical (unpaired) electrons. The van der Waals surface area contributed by atoms with Gasteiger partial charge in [-0.2, -0.15) is 0 Å². The Morgan fingerprint density at radius 3 is 1.92 bits per heavy atom. The van der Waals surface area contributed by atoms with E-state index in [0.29, 0.717) is 6.16 Å². The molecule has 0 fully saturated rings. The third kappa shape index (κ3) is 3.19. The van der Waals surface area contributed by atoms with Crippen molar-refractivity contribution in [3.8, 4) is 0 Å². The van der Waals surface area contributed by atoms with Crippen molar-refractivity contribution in [1.29, 1.82) is 0 Å². The van der Waals surface area contributed by atoms with Gasteiger partial charge in [-0.1, -0.05) is 0 Å². The third-order valence-electron chi connectivity index (χ3n) is 3.07. The van der Waals surface area contributed by atoms with E-state index in [4.69, 9.17) is 5.84 Å². The fourth-order valence-electron chi connectivity index (χ4n) is 1.41. The number of nitrogens with two attached hydrogens (primary N) is 1. The summed E-state index contributed by atoms with van der Waals surface area (Å²) in [7, 11) is 0. The van der Waals surface area contributed by atoms with Crippen LogP contribution in [-0.4, -0.2) is 30.6 Å². The van der Waals surface area contributed by atoms with Gasteiger partial charge < -0.3 is 0 Å². The molecule has 1 amide bonds. The van der Waals surface area contributed by atoms with Crippen LogP contribution in [0.3, 0.4) is 0 Å². The Morgan fingerprint density at radius 1 is 1.31 bits per heavy atom. The number of carbonyl (C=O) groups is 1. The number of hydrogen-bond donors (Lipinski definition) is 2. The zero-order valence-corrected chi connectivity index (χ0v) is 11.1. The van der Waals surface area contributed by atoms with Crippen LogP contribution in [0.25, 0.3) is 0 Å². The molecular formula is C8H20BrN2OP. The number of hydrazine groups is 1. The van der Waals surface area contributed by atoms with Crippen molar-refractivity contribution in [2.75, 3.05) is 24.6 Å². The van der Waals surface area contributed by atoms with Gasteiger partial charge in [0.15, 0.2) is 0 Å². The first kappa shape index (κ1) is 13.3. The molecule has 0 aromatic rings. The third-order valence-corrected chi connectivity index (χ3v) is 14.2. The molecule has 0 aromatic heterocycles. The Balaban J connectivity index is 4.68. The van der Waals surface area contributed by atoms with Gasteiger partial charge in [0.25, 0.3) is 0 Å². The van der Waals surface area contributed by atoms with Crippen LogP contribution in [0, 0.1) is 0 Å². The van der Waals surface area contributed by atoms with E-state index in [-0.39, 0.29) is 5.91 Å². The molecule has 0 aliphatic carbocycles. The van der Waals surface area contributed by atoms with Crippen molar-refractivity contribution in [2.45, 2.75) is 20.8 Å². The van der Waals surface area contributed by atoms with E-state index in [2.05, 4.69) is 41.7 Å². The van der Waals surface area contributed by atoms with Crippen molar-refractivity contribution < 1.29 is 4.79 Å². The van der Waals surface area contributed by atoms with E-state index in [1.165, 1.54) is 0 Å². The predicted molar refractivity (Wildman–Crippen MR) is 64.7 cm³/mol. The van der Waals surface area contributed by atoms with Crippen LogP contribution in [0.1, 0.15) is 20.8 Å². The molecule has 0 saturated heterocycles. The standard InChI is InChI=1S/C8H20BrN2OP/c1-4-13(9,5-2,6-3)7-8(12)11-10/h4-7,10H2,1-3H3,(H,11,12). The molecule has 0 aliphatic rings. The second-order valence-corrected chi connectivity index (χ2v) is 15.4. The number of hydrogen-bond acceptors (Lipinski definition) is 2. The van der Waals surface area contributed by atoms with Crippen molar-refractivity contribution in [3.63, 3.8) is 0 Å². The predicted octanol–water partition coefficient (Wildman–Crippen LogP) is 1.90. The van der Waals surface area contributed by atoms with E-state index in [9.17, 15) is 4.79 Å². The Morgan fingerprint density at radius 2 is 1.69 bits per heavy atom. The molecule has 0 atom stereocenters. The van der Waals surface area contributed by atoms with Gasteiger partial charge in [0, 0.05) is 0 Å². The summed E-state index contributed by atoms with van der Waals surface area (Å²) in [4.78, 5) is 11.3. The maximum absolute atomic E-state index is 11.3. The molecular weight excluding hydrogens is 251 g/mol. The summed E-state index contributed by atoms with van der Waals surface area (Å²) in [5, 5.41) is -1.95. The van der Waals surface area contributed by atoms with Crippen molar-refractivity contribution in [3.05, 3.63) is 0 Å². The van der Waals surface area contributed by atoms with Gasteiger partial charge in [-0.15, -0.1) is 0 Å². The summed E-state index contributed by atoms with van der Waals surface area (Å²) >= 11 is 3.85. The van der Waals surface area contributed by atoms with Crippen molar-refractivity contribution >= 4 is 26.7 Å². The molecule has 0 saturated carbocycles. The van der Waals surface area contributed by atoms with E-state index in [1.54, 1.807) is 0 Å². The normalized spacial score (nSPS) is 14.7. The summed E-state index contributed by atoms with van der Waals surface area (Å²) in [6.45, 7) is 6.43.